The Hall–Kier alpha value is -3.24. The minimum Gasteiger partial charge on any atom is -0.345 e. The van der Waals surface area contributed by atoms with E-state index in [0.29, 0.717) is 11.3 Å². The Labute approximate surface area is 156 Å². The first-order valence-corrected chi connectivity index (χ1v) is 9.11. The first-order valence-electron chi connectivity index (χ1n) is 8.29. The van der Waals surface area contributed by atoms with E-state index in [1.807, 2.05) is 91.0 Å². The van der Waals surface area contributed by atoms with Crippen molar-refractivity contribution in [2.75, 3.05) is 5.32 Å². The Kier molecular flexibility index (Phi) is 4.58. The predicted octanol–water partition coefficient (Wildman–Crippen LogP) is 5.78. The number of anilines is 2. The quantitative estimate of drug-likeness (QED) is 0.461. The molecule has 0 bridgehead atoms. The predicted molar refractivity (Wildman–Crippen MR) is 107 cm³/mol. The van der Waals surface area contributed by atoms with Crippen LogP contribution in [0.4, 0.5) is 10.7 Å². The van der Waals surface area contributed by atoms with E-state index in [-0.39, 0.29) is 5.78 Å². The van der Waals surface area contributed by atoms with Gasteiger partial charge in [-0.15, -0.1) is 0 Å². The van der Waals surface area contributed by atoms with Gasteiger partial charge in [0.1, 0.15) is 15.7 Å². The van der Waals surface area contributed by atoms with Crippen LogP contribution in [0.5, 0.6) is 0 Å². The van der Waals surface area contributed by atoms with Gasteiger partial charge in [0, 0.05) is 16.8 Å². The fourth-order valence-corrected chi connectivity index (χ4v) is 3.63. The van der Waals surface area contributed by atoms with Gasteiger partial charge in [0.2, 0.25) is 5.78 Å². The van der Waals surface area contributed by atoms with E-state index in [4.69, 9.17) is 0 Å². The second-order valence-corrected chi connectivity index (χ2v) is 6.75. The van der Waals surface area contributed by atoms with Crippen LogP contribution in [0.3, 0.4) is 0 Å². The molecule has 3 nitrogen and oxygen atoms in total. The maximum absolute atomic E-state index is 13.0. The topological polar surface area (TPSA) is 42.0 Å². The van der Waals surface area contributed by atoms with Crippen molar-refractivity contribution in [2.24, 2.45) is 0 Å². The number of nitrogens with one attached hydrogen (secondary N) is 1. The smallest absolute Gasteiger partial charge is 0.214 e. The number of benzene rings is 3. The normalized spacial score (nSPS) is 10.5. The summed E-state index contributed by atoms with van der Waals surface area (Å²) in [6.45, 7) is 0. The summed E-state index contributed by atoms with van der Waals surface area (Å²) in [6, 6.07) is 29.0. The number of ketones is 1. The molecule has 0 spiro atoms. The summed E-state index contributed by atoms with van der Waals surface area (Å²) in [5.41, 5.74) is 3.01. The third-order valence-corrected chi connectivity index (χ3v) is 4.95. The molecular formula is C22H16N2OS. The van der Waals surface area contributed by atoms with Crippen LogP contribution in [0.25, 0.3) is 10.6 Å². The number of para-hydroxylation sites is 1. The lowest BCUT2D eigenvalue weighted by atomic mass is 10.1. The van der Waals surface area contributed by atoms with Gasteiger partial charge in [-0.2, -0.15) is 0 Å². The van der Waals surface area contributed by atoms with E-state index in [9.17, 15) is 4.79 Å². The number of rotatable bonds is 5. The highest BCUT2D eigenvalue weighted by molar-refractivity contribution is 7.19. The van der Waals surface area contributed by atoms with Crippen LogP contribution in [0, 0.1) is 0 Å². The van der Waals surface area contributed by atoms with E-state index < -0.39 is 0 Å². The average molecular weight is 356 g/mol. The van der Waals surface area contributed by atoms with Crippen molar-refractivity contribution in [1.29, 1.82) is 0 Å². The van der Waals surface area contributed by atoms with Gasteiger partial charge in [0.05, 0.1) is 0 Å². The van der Waals surface area contributed by atoms with E-state index in [2.05, 4.69) is 10.3 Å². The van der Waals surface area contributed by atoms with Crippen LogP contribution < -0.4 is 5.32 Å². The first-order chi connectivity index (χ1) is 12.8. The van der Waals surface area contributed by atoms with Crippen molar-refractivity contribution in [3.8, 4) is 10.6 Å². The van der Waals surface area contributed by atoms with Gasteiger partial charge in [-0.3, -0.25) is 4.79 Å². The lowest BCUT2D eigenvalue weighted by Crippen LogP contribution is -2.04. The molecule has 0 radical (unpaired) electrons. The van der Waals surface area contributed by atoms with Crippen LogP contribution in [0.1, 0.15) is 16.1 Å². The molecule has 4 aromatic rings. The fourth-order valence-electron chi connectivity index (χ4n) is 2.64. The molecule has 0 amide bonds. The lowest BCUT2D eigenvalue weighted by molar-refractivity contribution is 0.103. The highest BCUT2D eigenvalue weighted by atomic mass is 32.1. The number of carbonyl (C=O) groups excluding carboxylic acids is 1. The molecule has 0 saturated heterocycles. The van der Waals surface area contributed by atoms with Crippen molar-refractivity contribution < 1.29 is 4.79 Å². The van der Waals surface area contributed by atoms with E-state index in [1.165, 1.54) is 11.3 Å². The zero-order chi connectivity index (χ0) is 17.8. The molecule has 126 valence electrons. The summed E-state index contributed by atoms with van der Waals surface area (Å²) in [6.07, 6.45) is 0. The van der Waals surface area contributed by atoms with Gasteiger partial charge in [-0.1, -0.05) is 90.2 Å². The summed E-state index contributed by atoms with van der Waals surface area (Å²) in [5, 5.41) is 4.92. The standard InChI is InChI=1S/C22H16N2OS/c25-20(16-10-4-1-5-11-16)19-22(23-18-14-8-3-9-15-18)26-21(24-19)17-12-6-2-7-13-17/h1-15,23H. The SMILES string of the molecule is O=C(c1ccccc1)c1nc(-c2ccccc2)sc1Nc1ccccc1. The highest BCUT2D eigenvalue weighted by Gasteiger charge is 2.20. The van der Waals surface area contributed by atoms with E-state index in [0.717, 1.165) is 21.3 Å². The second kappa shape index (κ2) is 7.33. The third kappa shape index (κ3) is 3.41. The van der Waals surface area contributed by atoms with Crippen LogP contribution >= 0.6 is 11.3 Å². The van der Waals surface area contributed by atoms with Crippen LogP contribution in [0.2, 0.25) is 0 Å². The summed E-state index contributed by atoms with van der Waals surface area (Å²) in [4.78, 5) is 17.7. The zero-order valence-corrected chi connectivity index (χ0v) is 14.7. The molecule has 0 aliphatic heterocycles. The number of hydrogen-bond acceptors (Lipinski definition) is 4. The highest BCUT2D eigenvalue weighted by Crippen LogP contribution is 2.35. The van der Waals surface area contributed by atoms with E-state index in [1.54, 1.807) is 0 Å². The molecule has 3 aromatic carbocycles. The van der Waals surface area contributed by atoms with Crippen molar-refractivity contribution >= 4 is 27.8 Å². The number of thiazole rings is 1. The minimum atomic E-state index is -0.0811. The molecule has 0 saturated carbocycles. The first kappa shape index (κ1) is 16.2. The summed E-state index contributed by atoms with van der Waals surface area (Å²) in [7, 11) is 0. The van der Waals surface area contributed by atoms with Crippen molar-refractivity contribution in [3.05, 3.63) is 102 Å². The minimum absolute atomic E-state index is 0.0811. The summed E-state index contributed by atoms with van der Waals surface area (Å²) >= 11 is 1.49. The Morgan fingerprint density at radius 1 is 0.769 bits per heavy atom. The Morgan fingerprint density at radius 3 is 2.00 bits per heavy atom. The van der Waals surface area contributed by atoms with Gasteiger partial charge in [0.15, 0.2) is 0 Å². The number of carbonyl (C=O) groups is 1. The molecule has 4 heteroatoms. The average Bonchev–Trinajstić information content (AvgIpc) is 3.13. The fraction of sp³-hybridized carbons (Fsp3) is 0. The van der Waals surface area contributed by atoms with Crippen molar-refractivity contribution in [3.63, 3.8) is 0 Å². The summed E-state index contributed by atoms with van der Waals surface area (Å²) in [5.74, 6) is -0.0811. The number of nitrogens with zero attached hydrogens (tertiary/aromatic N) is 1. The summed E-state index contributed by atoms with van der Waals surface area (Å²) < 4.78 is 0. The van der Waals surface area contributed by atoms with Crippen LogP contribution in [-0.2, 0) is 0 Å². The molecule has 0 fully saturated rings. The van der Waals surface area contributed by atoms with E-state index >= 15 is 0 Å². The molecular weight excluding hydrogens is 340 g/mol. The van der Waals surface area contributed by atoms with Gasteiger partial charge >= 0.3 is 0 Å². The monoisotopic (exact) mass is 356 g/mol. The number of hydrogen-bond donors (Lipinski definition) is 1. The molecule has 26 heavy (non-hydrogen) atoms. The van der Waals surface area contributed by atoms with Gasteiger partial charge in [-0.25, -0.2) is 4.98 Å². The molecule has 0 aliphatic carbocycles. The molecule has 1 heterocycles. The lowest BCUT2D eigenvalue weighted by Gasteiger charge is -2.05. The second-order valence-electron chi connectivity index (χ2n) is 5.75. The number of aromatic nitrogens is 1. The van der Waals surface area contributed by atoms with Gasteiger partial charge < -0.3 is 5.32 Å². The van der Waals surface area contributed by atoms with Gasteiger partial charge in [0.25, 0.3) is 0 Å². The molecule has 1 N–H and O–H groups in total. The molecule has 0 aliphatic rings. The third-order valence-electron chi connectivity index (χ3n) is 3.93. The van der Waals surface area contributed by atoms with Crippen molar-refractivity contribution in [2.45, 2.75) is 0 Å². The van der Waals surface area contributed by atoms with Crippen LogP contribution in [-0.4, -0.2) is 10.8 Å². The largest absolute Gasteiger partial charge is 0.345 e. The maximum Gasteiger partial charge on any atom is 0.214 e. The zero-order valence-electron chi connectivity index (χ0n) is 13.9. The Bertz CT molecular complexity index is 1010. The Morgan fingerprint density at radius 2 is 1.35 bits per heavy atom. The molecule has 4 rings (SSSR count). The molecule has 0 atom stereocenters. The molecule has 1 aromatic heterocycles. The van der Waals surface area contributed by atoms with Crippen LogP contribution in [0.15, 0.2) is 91.0 Å². The van der Waals surface area contributed by atoms with Gasteiger partial charge in [-0.05, 0) is 12.1 Å². The Balaban J connectivity index is 1.77. The van der Waals surface area contributed by atoms with Crippen molar-refractivity contribution in [1.82, 2.24) is 4.98 Å². The maximum atomic E-state index is 13.0. The molecule has 0 unspecified atom stereocenters.